The predicted molar refractivity (Wildman–Crippen MR) is 74.6 cm³/mol. The van der Waals surface area contributed by atoms with Crippen molar-refractivity contribution in [2.24, 2.45) is 16.7 Å². The van der Waals surface area contributed by atoms with E-state index in [1.54, 1.807) is 0 Å². The van der Waals surface area contributed by atoms with Crippen LogP contribution in [0, 0.1) is 16.7 Å². The maximum Gasteiger partial charge on any atom is 0.0684 e. The van der Waals surface area contributed by atoms with Crippen molar-refractivity contribution in [2.45, 2.75) is 78.0 Å². The van der Waals surface area contributed by atoms with Crippen molar-refractivity contribution in [3.8, 4) is 0 Å². The van der Waals surface area contributed by atoms with Crippen LogP contribution >= 0.6 is 0 Å². The first-order valence-corrected chi connectivity index (χ1v) is 7.78. The monoisotopic (exact) mass is 251 g/mol. The Morgan fingerprint density at radius 3 is 2.56 bits per heavy atom. The van der Waals surface area contributed by atoms with Crippen LogP contribution in [0.3, 0.4) is 0 Å². The quantitative estimate of drug-likeness (QED) is 0.812. The van der Waals surface area contributed by atoms with Gasteiger partial charge in [0, 0.05) is 30.0 Å². The lowest BCUT2D eigenvalue weighted by molar-refractivity contribution is -0.194. The van der Waals surface area contributed by atoms with E-state index in [1.807, 2.05) is 0 Å². The van der Waals surface area contributed by atoms with Crippen molar-refractivity contribution in [1.82, 2.24) is 5.32 Å². The van der Waals surface area contributed by atoms with Crippen LogP contribution in [0.15, 0.2) is 0 Å². The highest BCUT2D eigenvalue weighted by atomic mass is 16.5. The van der Waals surface area contributed by atoms with Crippen LogP contribution in [0.25, 0.3) is 0 Å². The Hall–Kier alpha value is -0.0800. The van der Waals surface area contributed by atoms with Crippen LogP contribution in [0.5, 0.6) is 0 Å². The fourth-order valence-electron chi connectivity index (χ4n) is 4.69. The first-order chi connectivity index (χ1) is 8.40. The van der Waals surface area contributed by atoms with Crippen LogP contribution < -0.4 is 5.32 Å². The minimum atomic E-state index is 0.331. The fraction of sp³-hybridized carbons (Fsp3) is 1.00. The van der Waals surface area contributed by atoms with Crippen molar-refractivity contribution in [3.05, 3.63) is 0 Å². The van der Waals surface area contributed by atoms with E-state index in [-0.39, 0.29) is 0 Å². The van der Waals surface area contributed by atoms with Gasteiger partial charge in [0.2, 0.25) is 0 Å². The number of rotatable bonds is 2. The summed E-state index contributed by atoms with van der Waals surface area (Å²) in [5, 5.41) is 3.98. The van der Waals surface area contributed by atoms with E-state index in [4.69, 9.17) is 4.74 Å². The second-order valence-corrected chi connectivity index (χ2v) is 8.17. The third-order valence-corrected chi connectivity index (χ3v) is 5.71. The van der Waals surface area contributed by atoms with E-state index >= 15 is 0 Å². The first kappa shape index (κ1) is 12.9. The van der Waals surface area contributed by atoms with Gasteiger partial charge < -0.3 is 10.1 Å². The summed E-state index contributed by atoms with van der Waals surface area (Å²) >= 11 is 0. The molecule has 1 aliphatic heterocycles. The largest absolute Gasteiger partial charge is 0.377 e. The minimum Gasteiger partial charge on any atom is -0.377 e. The molecule has 0 aromatic rings. The van der Waals surface area contributed by atoms with Crippen LogP contribution in [0.2, 0.25) is 0 Å². The van der Waals surface area contributed by atoms with Gasteiger partial charge in [0.15, 0.2) is 0 Å². The summed E-state index contributed by atoms with van der Waals surface area (Å²) in [7, 11) is 0. The average Bonchev–Trinajstić information content (AvgIpc) is 2.66. The molecule has 3 fully saturated rings. The van der Waals surface area contributed by atoms with Gasteiger partial charge in [-0.3, -0.25) is 0 Å². The highest BCUT2D eigenvalue weighted by molar-refractivity contribution is 5.11. The number of nitrogens with one attached hydrogen (secondary N) is 1. The molecule has 0 radical (unpaired) electrons. The number of hydrogen-bond donors (Lipinski definition) is 1. The molecule has 0 spiro atoms. The van der Waals surface area contributed by atoms with E-state index in [9.17, 15) is 0 Å². The van der Waals surface area contributed by atoms with Crippen molar-refractivity contribution < 1.29 is 4.74 Å². The zero-order chi connectivity index (χ0) is 13.0. The highest BCUT2D eigenvalue weighted by Gasteiger charge is 2.58. The normalized spacial score (nSPS) is 45.3. The van der Waals surface area contributed by atoms with Gasteiger partial charge in [-0.15, -0.1) is 0 Å². The molecule has 0 amide bonds. The molecule has 2 heteroatoms. The number of hydrogen-bond acceptors (Lipinski definition) is 2. The maximum absolute atomic E-state index is 5.99. The van der Waals surface area contributed by atoms with Crippen LogP contribution in [0.4, 0.5) is 0 Å². The fourth-order valence-corrected chi connectivity index (χ4v) is 4.69. The van der Waals surface area contributed by atoms with Gasteiger partial charge in [-0.05, 0) is 37.5 Å². The lowest BCUT2D eigenvalue weighted by atomic mass is 9.55. The molecule has 2 nitrogen and oxygen atoms in total. The van der Waals surface area contributed by atoms with Crippen LogP contribution in [-0.4, -0.2) is 24.8 Å². The molecule has 0 aromatic heterocycles. The van der Waals surface area contributed by atoms with E-state index in [0.29, 0.717) is 23.0 Å². The Labute approximate surface area is 112 Å². The van der Waals surface area contributed by atoms with Crippen molar-refractivity contribution >= 4 is 0 Å². The lowest BCUT2D eigenvalue weighted by Gasteiger charge is -2.60. The van der Waals surface area contributed by atoms with Gasteiger partial charge in [0.1, 0.15) is 0 Å². The maximum atomic E-state index is 5.99. The molecule has 104 valence electrons. The molecule has 3 aliphatic rings. The first-order valence-electron chi connectivity index (χ1n) is 7.78. The van der Waals surface area contributed by atoms with E-state index in [0.717, 1.165) is 18.6 Å². The van der Waals surface area contributed by atoms with Crippen molar-refractivity contribution in [1.29, 1.82) is 0 Å². The summed E-state index contributed by atoms with van der Waals surface area (Å²) < 4.78 is 5.99. The highest BCUT2D eigenvalue weighted by Crippen LogP contribution is 2.52. The van der Waals surface area contributed by atoms with Crippen molar-refractivity contribution in [3.63, 3.8) is 0 Å². The topological polar surface area (TPSA) is 21.3 Å². The molecular weight excluding hydrogens is 222 g/mol. The Morgan fingerprint density at radius 2 is 1.89 bits per heavy atom. The SMILES string of the molecule is CC1(C)CCC(NC2C3CCCOC3C2(C)C)C1. The zero-order valence-corrected chi connectivity index (χ0v) is 12.5. The molecule has 4 atom stereocenters. The number of fused-ring (bicyclic) bond motifs is 1. The zero-order valence-electron chi connectivity index (χ0n) is 12.5. The summed E-state index contributed by atoms with van der Waals surface area (Å²) in [5.41, 5.74) is 0.881. The molecule has 18 heavy (non-hydrogen) atoms. The Bertz CT molecular complexity index is 323. The van der Waals surface area contributed by atoms with Gasteiger partial charge in [0.25, 0.3) is 0 Å². The summed E-state index contributed by atoms with van der Waals surface area (Å²) in [6.07, 6.45) is 7.21. The molecule has 2 aliphatic carbocycles. The predicted octanol–water partition coefficient (Wildman–Crippen LogP) is 3.36. The van der Waals surface area contributed by atoms with Gasteiger partial charge in [-0.1, -0.05) is 27.7 Å². The summed E-state index contributed by atoms with van der Waals surface area (Å²) in [4.78, 5) is 0. The lowest BCUT2D eigenvalue weighted by Crippen LogP contribution is -2.70. The Balaban J connectivity index is 1.63. The molecular formula is C16H29NO. The third kappa shape index (κ3) is 2.02. The molecule has 2 saturated carbocycles. The molecule has 0 aromatic carbocycles. The Morgan fingerprint density at radius 1 is 1.11 bits per heavy atom. The smallest absolute Gasteiger partial charge is 0.0684 e. The van der Waals surface area contributed by atoms with E-state index in [1.165, 1.54) is 32.1 Å². The molecule has 4 unspecified atom stereocenters. The van der Waals surface area contributed by atoms with Crippen LogP contribution in [0.1, 0.15) is 59.8 Å². The summed E-state index contributed by atoms with van der Waals surface area (Å²) in [6, 6.07) is 1.42. The molecule has 0 bridgehead atoms. The standard InChI is InChI=1S/C16H29NO/c1-15(2)8-7-11(10-15)17-13-12-6-5-9-18-14(12)16(13,3)4/h11-14,17H,5-10H2,1-4H3. The number of ether oxygens (including phenoxy) is 1. The van der Waals surface area contributed by atoms with Gasteiger partial charge in [-0.25, -0.2) is 0 Å². The summed E-state index contributed by atoms with van der Waals surface area (Å²) in [6.45, 7) is 10.6. The van der Waals surface area contributed by atoms with Gasteiger partial charge >= 0.3 is 0 Å². The van der Waals surface area contributed by atoms with Gasteiger partial charge in [0.05, 0.1) is 6.10 Å². The van der Waals surface area contributed by atoms with Crippen molar-refractivity contribution in [2.75, 3.05) is 6.61 Å². The van der Waals surface area contributed by atoms with E-state index in [2.05, 4.69) is 33.0 Å². The average molecular weight is 251 g/mol. The summed E-state index contributed by atoms with van der Waals surface area (Å²) in [5.74, 6) is 0.775. The van der Waals surface area contributed by atoms with Gasteiger partial charge in [-0.2, -0.15) is 0 Å². The Kier molecular flexibility index (Phi) is 3.02. The van der Waals surface area contributed by atoms with Crippen LogP contribution in [-0.2, 0) is 4.74 Å². The third-order valence-electron chi connectivity index (χ3n) is 5.71. The molecule has 3 rings (SSSR count). The second kappa shape index (κ2) is 4.21. The molecule has 1 N–H and O–H groups in total. The molecule has 1 saturated heterocycles. The second-order valence-electron chi connectivity index (χ2n) is 8.17. The molecule has 1 heterocycles. The van der Waals surface area contributed by atoms with E-state index < -0.39 is 0 Å². The minimum absolute atomic E-state index is 0.331.